The fourth-order valence-electron chi connectivity index (χ4n) is 3.35. The number of nitrogens with two attached hydrogens (primary N) is 1. The highest BCUT2D eigenvalue weighted by Crippen LogP contribution is 2.22. The number of anilines is 1. The molecule has 0 saturated carbocycles. The molecule has 1 unspecified atom stereocenters. The van der Waals surface area contributed by atoms with E-state index in [1.54, 1.807) is 12.4 Å². The highest BCUT2D eigenvalue weighted by molar-refractivity contribution is 6.65. The van der Waals surface area contributed by atoms with Crippen LogP contribution in [-0.2, 0) is 11.3 Å². The minimum absolute atomic E-state index is 0.165. The van der Waals surface area contributed by atoms with Gasteiger partial charge in [-0.3, -0.25) is 9.78 Å². The van der Waals surface area contributed by atoms with E-state index in [0.29, 0.717) is 6.54 Å². The minimum Gasteiger partial charge on any atom is -0.433 e. The fourth-order valence-corrected chi connectivity index (χ4v) is 3.35. The van der Waals surface area contributed by atoms with Crippen LogP contribution in [0, 0.1) is 0 Å². The number of hydrogen-bond acceptors (Lipinski definition) is 5. The number of hydrogen-bond donors (Lipinski definition) is 4. The largest absolute Gasteiger partial charge is 0.433 e. The van der Waals surface area contributed by atoms with Gasteiger partial charge in [0, 0.05) is 36.6 Å². The third-order valence-electron chi connectivity index (χ3n) is 4.81. The lowest BCUT2D eigenvalue weighted by molar-refractivity contribution is -0.117. The van der Waals surface area contributed by atoms with E-state index in [9.17, 15) is 9.82 Å². The molecule has 0 aliphatic carbocycles. The molecule has 0 radical (unpaired) electrons. The summed E-state index contributed by atoms with van der Waals surface area (Å²) in [5.74, 6) is -0.650. The van der Waals surface area contributed by atoms with Crippen LogP contribution in [0.5, 0.6) is 0 Å². The molecule has 3 aromatic rings. The summed E-state index contributed by atoms with van der Waals surface area (Å²) in [6.07, 6.45) is 3.51. The first-order chi connectivity index (χ1) is 12.7. The molecule has 7 heteroatoms. The number of rotatable bonds is 4. The molecular weight excluding hydrogens is 327 g/mol. The number of pyridine rings is 1. The molecule has 130 valence electrons. The maximum absolute atomic E-state index is 12.8. The van der Waals surface area contributed by atoms with Gasteiger partial charge < -0.3 is 21.3 Å². The normalized spacial score (nSPS) is 14.3. The Morgan fingerprint density at radius 2 is 2.15 bits per heavy atom. The molecule has 1 aromatic heterocycles. The van der Waals surface area contributed by atoms with Crippen LogP contribution in [0.2, 0.25) is 0 Å². The van der Waals surface area contributed by atoms with Crippen molar-refractivity contribution >= 4 is 34.9 Å². The molecular formula is C19H19BN4O2. The van der Waals surface area contributed by atoms with Crippen molar-refractivity contribution in [2.24, 2.45) is 5.73 Å². The Bertz CT molecular complexity index is 979. The molecule has 6 nitrogen and oxygen atoms in total. The second-order valence-electron chi connectivity index (χ2n) is 6.46. The third kappa shape index (κ3) is 3.08. The van der Waals surface area contributed by atoms with Gasteiger partial charge in [-0.15, -0.1) is 0 Å². The van der Waals surface area contributed by atoms with Crippen LogP contribution >= 0.6 is 0 Å². The number of fused-ring (bicyclic) bond motifs is 2. The van der Waals surface area contributed by atoms with E-state index in [0.717, 1.165) is 33.0 Å². The molecule has 1 aliphatic rings. The lowest BCUT2D eigenvalue weighted by Gasteiger charge is -2.17. The fraction of sp³-hybridized carbons (Fsp3) is 0.158. The van der Waals surface area contributed by atoms with Gasteiger partial charge in [0.1, 0.15) is 0 Å². The highest BCUT2D eigenvalue weighted by atomic mass is 16.2. The number of nitrogens with one attached hydrogen (secondary N) is 2. The zero-order valence-corrected chi connectivity index (χ0v) is 14.1. The molecule has 2 aromatic carbocycles. The smallest absolute Gasteiger partial charge is 0.413 e. The predicted molar refractivity (Wildman–Crippen MR) is 103 cm³/mol. The summed E-state index contributed by atoms with van der Waals surface area (Å²) in [4.78, 5) is 16.9. The molecule has 4 rings (SSSR count). The van der Waals surface area contributed by atoms with E-state index >= 15 is 0 Å². The van der Waals surface area contributed by atoms with Crippen LogP contribution in [-0.4, -0.2) is 29.5 Å². The maximum Gasteiger partial charge on any atom is 0.413 e. The Kier molecular flexibility index (Phi) is 4.42. The van der Waals surface area contributed by atoms with Gasteiger partial charge in [-0.1, -0.05) is 24.3 Å². The number of nitrogens with zero attached hydrogens (tertiary/aromatic N) is 1. The quantitative estimate of drug-likeness (QED) is 0.522. The number of aromatic nitrogens is 1. The lowest BCUT2D eigenvalue weighted by atomic mass is 9.74. The second-order valence-corrected chi connectivity index (χ2v) is 6.46. The SMILES string of the molecule is NCC(C(=O)Nc1ccc2cnccc2c1)c1ccc2c(c1)B(O)NC2. The second kappa shape index (κ2) is 6.88. The van der Waals surface area contributed by atoms with Crippen LogP contribution in [0.15, 0.2) is 54.9 Å². The Hall–Kier alpha value is -2.74. The monoisotopic (exact) mass is 346 g/mol. The molecule has 0 bridgehead atoms. The Morgan fingerprint density at radius 3 is 3.00 bits per heavy atom. The maximum atomic E-state index is 12.8. The minimum atomic E-state index is -0.694. The average molecular weight is 346 g/mol. The van der Waals surface area contributed by atoms with Gasteiger partial charge in [0.25, 0.3) is 0 Å². The van der Waals surface area contributed by atoms with E-state index in [2.05, 4.69) is 15.5 Å². The van der Waals surface area contributed by atoms with Crippen molar-refractivity contribution in [3.05, 3.63) is 66.0 Å². The summed E-state index contributed by atoms with van der Waals surface area (Å²) < 4.78 is 0. The standard InChI is InChI=1S/C19H19BN4O2/c21-9-17(13-1-2-15-11-23-20(26)18(15)8-13)19(25)24-16-4-3-14-10-22-6-5-12(14)7-16/h1-8,10,17,23,26H,9,11,21H2,(H,24,25). The zero-order chi connectivity index (χ0) is 18.1. The van der Waals surface area contributed by atoms with Crippen molar-refractivity contribution in [3.8, 4) is 0 Å². The Morgan fingerprint density at radius 1 is 1.27 bits per heavy atom. The van der Waals surface area contributed by atoms with Gasteiger partial charge in [0.2, 0.25) is 5.91 Å². The molecule has 1 amide bonds. The van der Waals surface area contributed by atoms with E-state index in [1.165, 1.54) is 0 Å². The van der Waals surface area contributed by atoms with E-state index in [1.807, 2.05) is 42.5 Å². The van der Waals surface area contributed by atoms with Crippen LogP contribution in [0.3, 0.4) is 0 Å². The van der Waals surface area contributed by atoms with Crippen LogP contribution in [0.1, 0.15) is 17.0 Å². The van der Waals surface area contributed by atoms with Crippen LogP contribution in [0.4, 0.5) is 5.69 Å². The first-order valence-electron chi connectivity index (χ1n) is 8.54. The van der Waals surface area contributed by atoms with Gasteiger partial charge in [0.05, 0.1) is 5.92 Å². The summed E-state index contributed by atoms with van der Waals surface area (Å²) in [7, 11) is -0.694. The van der Waals surface area contributed by atoms with E-state index in [-0.39, 0.29) is 12.5 Å². The predicted octanol–water partition coefficient (Wildman–Crippen LogP) is 0.706. The topological polar surface area (TPSA) is 100 Å². The molecule has 0 spiro atoms. The molecule has 2 heterocycles. The Labute approximate surface area is 151 Å². The van der Waals surface area contributed by atoms with Gasteiger partial charge in [0.15, 0.2) is 0 Å². The first kappa shape index (κ1) is 16.7. The summed E-state index contributed by atoms with van der Waals surface area (Å²) >= 11 is 0. The Balaban J connectivity index is 1.58. The molecule has 0 saturated heterocycles. The van der Waals surface area contributed by atoms with Crippen molar-refractivity contribution in [1.29, 1.82) is 0 Å². The van der Waals surface area contributed by atoms with Crippen molar-refractivity contribution in [1.82, 2.24) is 10.2 Å². The summed E-state index contributed by atoms with van der Waals surface area (Å²) in [6.45, 7) is 0.813. The molecule has 26 heavy (non-hydrogen) atoms. The lowest BCUT2D eigenvalue weighted by Crippen LogP contribution is -2.38. The summed E-state index contributed by atoms with van der Waals surface area (Å²) in [5, 5.41) is 17.9. The van der Waals surface area contributed by atoms with Crippen molar-refractivity contribution < 1.29 is 9.82 Å². The number of carbonyl (C=O) groups excluding carboxylic acids is 1. The van der Waals surface area contributed by atoms with Crippen molar-refractivity contribution in [2.45, 2.75) is 12.5 Å². The summed E-state index contributed by atoms with van der Waals surface area (Å²) in [5.41, 5.74) is 9.26. The first-order valence-corrected chi connectivity index (χ1v) is 8.54. The average Bonchev–Trinajstić information content (AvgIpc) is 3.03. The summed E-state index contributed by atoms with van der Waals surface area (Å²) in [6, 6.07) is 13.3. The molecule has 1 aliphatic heterocycles. The van der Waals surface area contributed by atoms with Gasteiger partial charge in [-0.05, 0) is 40.2 Å². The zero-order valence-electron chi connectivity index (χ0n) is 14.1. The van der Waals surface area contributed by atoms with Crippen molar-refractivity contribution in [2.75, 3.05) is 11.9 Å². The van der Waals surface area contributed by atoms with Gasteiger partial charge >= 0.3 is 7.05 Å². The number of benzene rings is 2. The van der Waals surface area contributed by atoms with Crippen molar-refractivity contribution in [3.63, 3.8) is 0 Å². The molecule has 0 fully saturated rings. The van der Waals surface area contributed by atoms with Crippen LogP contribution < -0.4 is 21.7 Å². The molecule has 5 N–H and O–H groups in total. The van der Waals surface area contributed by atoms with Gasteiger partial charge in [-0.25, -0.2) is 0 Å². The third-order valence-corrected chi connectivity index (χ3v) is 4.81. The van der Waals surface area contributed by atoms with E-state index in [4.69, 9.17) is 5.73 Å². The highest BCUT2D eigenvalue weighted by Gasteiger charge is 2.27. The number of carbonyl (C=O) groups is 1. The van der Waals surface area contributed by atoms with E-state index < -0.39 is 13.0 Å². The number of amides is 1. The molecule has 1 atom stereocenters. The van der Waals surface area contributed by atoms with Crippen LogP contribution in [0.25, 0.3) is 10.8 Å². The van der Waals surface area contributed by atoms with Gasteiger partial charge in [-0.2, -0.15) is 0 Å².